The molecule has 118 valence electrons. The lowest BCUT2D eigenvalue weighted by Gasteiger charge is -2.06. The summed E-state index contributed by atoms with van der Waals surface area (Å²) in [5.74, 6) is 0.824. The van der Waals surface area contributed by atoms with Crippen molar-refractivity contribution in [2.24, 2.45) is 5.92 Å². The van der Waals surface area contributed by atoms with Gasteiger partial charge in [0, 0.05) is 12.1 Å². The highest BCUT2D eigenvalue weighted by atomic mass is 16.6. The van der Waals surface area contributed by atoms with Gasteiger partial charge in [0.25, 0.3) is 5.69 Å². The summed E-state index contributed by atoms with van der Waals surface area (Å²) in [6.07, 6.45) is 7.48. The Morgan fingerprint density at radius 1 is 1.05 bits per heavy atom. The number of hydrogen-bond donors (Lipinski definition) is 1. The number of nitrogens with one attached hydrogen (secondary N) is 1. The van der Waals surface area contributed by atoms with E-state index in [0.717, 1.165) is 31.0 Å². The zero-order valence-electron chi connectivity index (χ0n) is 13.3. The topological polar surface area (TPSA) is 55.2 Å². The van der Waals surface area contributed by atoms with Gasteiger partial charge in [-0.25, -0.2) is 0 Å². The van der Waals surface area contributed by atoms with Crippen molar-refractivity contribution in [1.29, 1.82) is 0 Å². The van der Waals surface area contributed by atoms with Crippen LogP contribution < -0.4 is 5.32 Å². The standard InChI is InChI=1S/C17H28N2O2/c1-15(2)7-5-3-4-6-13-18-14-12-16-8-10-17(11-9-16)19(20)21/h8-11,15,18H,3-7,12-14H2,1-2H3. The van der Waals surface area contributed by atoms with Crippen molar-refractivity contribution in [3.63, 3.8) is 0 Å². The summed E-state index contributed by atoms with van der Waals surface area (Å²) in [6, 6.07) is 6.82. The molecule has 1 N–H and O–H groups in total. The van der Waals surface area contributed by atoms with Crippen LogP contribution in [0.3, 0.4) is 0 Å². The zero-order valence-corrected chi connectivity index (χ0v) is 13.3. The molecular formula is C17H28N2O2. The number of unbranched alkanes of at least 4 members (excludes halogenated alkanes) is 3. The van der Waals surface area contributed by atoms with E-state index in [1.807, 2.05) is 12.1 Å². The van der Waals surface area contributed by atoms with Gasteiger partial charge in [-0.3, -0.25) is 10.1 Å². The van der Waals surface area contributed by atoms with Gasteiger partial charge in [-0.05, 0) is 37.4 Å². The minimum absolute atomic E-state index is 0.160. The predicted molar refractivity (Wildman–Crippen MR) is 87.6 cm³/mol. The highest BCUT2D eigenvalue weighted by Crippen LogP contribution is 2.12. The lowest BCUT2D eigenvalue weighted by molar-refractivity contribution is -0.384. The number of non-ortho nitro benzene ring substituents is 1. The normalized spacial score (nSPS) is 11.0. The number of hydrogen-bond acceptors (Lipinski definition) is 3. The van der Waals surface area contributed by atoms with Crippen molar-refractivity contribution >= 4 is 5.69 Å². The Hall–Kier alpha value is -1.42. The Bertz CT molecular complexity index is 402. The first-order valence-electron chi connectivity index (χ1n) is 8.03. The van der Waals surface area contributed by atoms with Crippen LogP contribution in [-0.4, -0.2) is 18.0 Å². The molecule has 0 fully saturated rings. The molecule has 21 heavy (non-hydrogen) atoms. The van der Waals surface area contributed by atoms with Gasteiger partial charge in [0.15, 0.2) is 0 Å². The van der Waals surface area contributed by atoms with Crippen molar-refractivity contribution in [2.75, 3.05) is 13.1 Å². The van der Waals surface area contributed by atoms with E-state index in [2.05, 4.69) is 19.2 Å². The molecular weight excluding hydrogens is 264 g/mol. The minimum Gasteiger partial charge on any atom is -0.316 e. The van der Waals surface area contributed by atoms with E-state index in [1.54, 1.807) is 12.1 Å². The lowest BCUT2D eigenvalue weighted by atomic mass is 10.0. The molecule has 0 spiro atoms. The van der Waals surface area contributed by atoms with Crippen LogP contribution in [0.4, 0.5) is 5.69 Å². The first-order valence-corrected chi connectivity index (χ1v) is 8.03. The first kappa shape index (κ1) is 17.6. The Labute approximate surface area is 128 Å². The summed E-state index contributed by atoms with van der Waals surface area (Å²) < 4.78 is 0. The van der Waals surface area contributed by atoms with E-state index in [9.17, 15) is 10.1 Å². The van der Waals surface area contributed by atoms with Gasteiger partial charge < -0.3 is 5.32 Å². The second-order valence-electron chi connectivity index (χ2n) is 6.02. The summed E-state index contributed by atoms with van der Waals surface area (Å²) in [4.78, 5) is 10.2. The maximum atomic E-state index is 10.5. The largest absolute Gasteiger partial charge is 0.316 e. The SMILES string of the molecule is CC(C)CCCCCCNCCc1ccc([N+](=O)[O-])cc1. The molecule has 0 aromatic heterocycles. The predicted octanol–water partition coefficient (Wildman–Crippen LogP) is 4.33. The molecule has 0 heterocycles. The van der Waals surface area contributed by atoms with E-state index < -0.39 is 0 Å². The van der Waals surface area contributed by atoms with Gasteiger partial charge in [0.05, 0.1) is 4.92 Å². The Kier molecular flexibility index (Phi) is 8.67. The van der Waals surface area contributed by atoms with Gasteiger partial charge in [-0.2, -0.15) is 0 Å². The quantitative estimate of drug-likeness (QED) is 0.375. The van der Waals surface area contributed by atoms with Crippen LogP contribution in [0.2, 0.25) is 0 Å². The molecule has 1 aromatic carbocycles. The van der Waals surface area contributed by atoms with Crippen LogP contribution >= 0.6 is 0 Å². The summed E-state index contributed by atoms with van der Waals surface area (Å²) in [5.41, 5.74) is 1.30. The number of benzene rings is 1. The van der Waals surface area contributed by atoms with Gasteiger partial charge in [0.2, 0.25) is 0 Å². The number of nitrogens with zero attached hydrogens (tertiary/aromatic N) is 1. The van der Waals surface area contributed by atoms with Gasteiger partial charge in [0.1, 0.15) is 0 Å². The number of rotatable bonds is 11. The van der Waals surface area contributed by atoms with Crippen molar-refractivity contribution in [3.05, 3.63) is 39.9 Å². The second kappa shape index (κ2) is 10.3. The fraction of sp³-hybridized carbons (Fsp3) is 0.647. The van der Waals surface area contributed by atoms with Crippen LogP contribution in [0.5, 0.6) is 0 Å². The van der Waals surface area contributed by atoms with Crippen molar-refractivity contribution in [3.8, 4) is 0 Å². The monoisotopic (exact) mass is 292 g/mol. The average molecular weight is 292 g/mol. The average Bonchev–Trinajstić information content (AvgIpc) is 2.45. The lowest BCUT2D eigenvalue weighted by Crippen LogP contribution is -2.18. The molecule has 1 rings (SSSR count). The minimum atomic E-state index is -0.360. The van der Waals surface area contributed by atoms with Gasteiger partial charge in [-0.1, -0.05) is 51.7 Å². The summed E-state index contributed by atoms with van der Waals surface area (Å²) in [6.45, 7) is 6.55. The second-order valence-corrected chi connectivity index (χ2v) is 6.02. The van der Waals surface area contributed by atoms with Gasteiger partial charge in [-0.15, -0.1) is 0 Å². The van der Waals surface area contributed by atoms with Crippen molar-refractivity contribution in [1.82, 2.24) is 5.32 Å². The Balaban J connectivity index is 2.00. The number of nitro benzene ring substituents is 1. The zero-order chi connectivity index (χ0) is 15.5. The first-order chi connectivity index (χ1) is 10.1. The van der Waals surface area contributed by atoms with Crippen molar-refractivity contribution in [2.45, 2.75) is 52.4 Å². The molecule has 1 aromatic rings. The maximum Gasteiger partial charge on any atom is 0.269 e. The molecule has 0 aliphatic carbocycles. The summed E-state index contributed by atoms with van der Waals surface area (Å²) in [5, 5.41) is 14.0. The van der Waals surface area contributed by atoms with E-state index in [-0.39, 0.29) is 10.6 Å². The summed E-state index contributed by atoms with van der Waals surface area (Å²) in [7, 11) is 0. The molecule has 0 atom stereocenters. The molecule has 0 aliphatic heterocycles. The highest BCUT2D eigenvalue weighted by molar-refractivity contribution is 5.32. The highest BCUT2D eigenvalue weighted by Gasteiger charge is 2.03. The van der Waals surface area contributed by atoms with Crippen LogP contribution in [0.25, 0.3) is 0 Å². The smallest absolute Gasteiger partial charge is 0.269 e. The molecule has 0 saturated heterocycles. The third-order valence-electron chi connectivity index (χ3n) is 3.62. The van der Waals surface area contributed by atoms with E-state index in [4.69, 9.17) is 0 Å². The molecule has 0 bridgehead atoms. The third-order valence-corrected chi connectivity index (χ3v) is 3.62. The van der Waals surface area contributed by atoms with Crippen LogP contribution in [0, 0.1) is 16.0 Å². The van der Waals surface area contributed by atoms with Crippen LogP contribution in [0.1, 0.15) is 51.5 Å². The molecule has 0 radical (unpaired) electrons. The number of nitro groups is 1. The molecule has 0 saturated carbocycles. The van der Waals surface area contributed by atoms with Gasteiger partial charge >= 0.3 is 0 Å². The molecule has 0 aliphatic rings. The van der Waals surface area contributed by atoms with E-state index >= 15 is 0 Å². The van der Waals surface area contributed by atoms with Crippen molar-refractivity contribution < 1.29 is 4.92 Å². The Morgan fingerprint density at radius 3 is 2.33 bits per heavy atom. The third kappa shape index (κ3) is 8.45. The fourth-order valence-electron chi connectivity index (χ4n) is 2.30. The van der Waals surface area contributed by atoms with E-state index in [1.165, 1.54) is 32.1 Å². The molecule has 4 nitrogen and oxygen atoms in total. The Morgan fingerprint density at radius 2 is 1.71 bits per heavy atom. The fourth-order valence-corrected chi connectivity index (χ4v) is 2.30. The molecule has 0 unspecified atom stereocenters. The molecule has 0 amide bonds. The van der Waals surface area contributed by atoms with Crippen LogP contribution in [-0.2, 0) is 6.42 Å². The maximum absolute atomic E-state index is 10.5. The summed E-state index contributed by atoms with van der Waals surface area (Å²) >= 11 is 0. The molecule has 4 heteroatoms. The van der Waals surface area contributed by atoms with Crippen LogP contribution in [0.15, 0.2) is 24.3 Å². The van der Waals surface area contributed by atoms with E-state index in [0.29, 0.717) is 0 Å².